The molecule has 14 rings (SSSR count). The lowest BCUT2D eigenvalue weighted by molar-refractivity contribution is -0.111. The van der Waals surface area contributed by atoms with E-state index in [1.54, 1.807) is 47.0 Å². The molecule has 6 heterocycles. The van der Waals surface area contributed by atoms with Gasteiger partial charge in [0, 0.05) is 49.0 Å². The minimum atomic E-state index is -4.72. The molecule has 15 atom stereocenters. The number of carbonyl (C=O) groups excluding carboxylic acids is 1. The summed E-state index contributed by atoms with van der Waals surface area (Å²) in [5.74, 6) is 4.54. The molecule has 424 valence electrons. The molecule has 5 saturated carbocycles. The summed E-state index contributed by atoms with van der Waals surface area (Å²) in [7, 11) is -8.49. The second-order valence-electron chi connectivity index (χ2n) is 26.2. The summed E-state index contributed by atoms with van der Waals surface area (Å²) in [4.78, 5) is 75.5. The van der Waals surface area contributed by atoms with Crippen LogP contribution < -0.4 is 22.0 Å². The van der Waals surface area contributed by atoms with Crippen LogP contribution in [0.25, 0.3) is 22.1 Å². The highest BCUT2D eigenvalue weighted by Crippen LogP contribution is 2.62. The second-order valence-corrected chi connectivity index (χ2v) is 30.1. The Balaban J connectivity index is 0.000000162. The van der Waals surface area contributed by atoms with Crippen LogP contribution in [0.2, 0.25) is 0 Å². The van der Waals surface area contributed by atoms with Crippen molar-refractivity contribution in [2.24, 2.45) is 40.9 Å². The van der Waals surface area contributed by atoms with E-state index in [4.69, 9.17) is 9.26 Å². The van der Waals surface area contributed by atoms with Gasteiger partial charge in [-0.05, 0) is 193 Å². The Kier molecular flexibility index (Phi) is 15.4. The fourth-order valence-corrected chi connectivity index (χ4v) is 19.2. The average molecular weight is 1120 g/mol. The number of ether oxygens (including phenoxy) is 1. The summed E-state index contributed by atoms with van der Waals surface area (Å²) < 4.78 is 39.8. The van der Waals surface area contributed by atoms with Gasteiger partial charge < -0.3 is 23.7 Å². The number of esters is 1. The fraction of sp³-hybridized carbons (Fsp3) is 0.629. The van der Waals surface area contributed by atoms with Gasteiger partial charge in [0.05, 0.1) is 27.6 Å². The lowest BCUT2D eigenvalue weighted by Crippen LogP contribution is -2.59. The Morgan fingerprint density at radius 1 is 0.633 bits per heavy atom. The lowest BCUT2D eigenvalue weighted by Gasteiger charge is -2.60. The summed E-state index contributed by atoms with van der Waals surface area (Å²) in [5.41, 5.74) is 1.67. The molecule has 0 spiro atoms. The molecule has 8 bridgehead atoms. The normalized spacial score (nSPS) is 33.6. The predicted octanol–water partition coefficient (Wildman–Crippen LogP) is 10.8. The number of carbonyl (C=O) groups is 1. The van der Waals surface area contributed by atoms with Crippen LogP contribution in [0.1, 0.15) is 165 Å². The summed E-state index contributed by atoms with van der Waals surface area (Å²) in [6.07, 6.45) is 22.9. The second kappa shape index (κ2) is 22.1. The zero-order valence-corrected chi connectivity index (χ0v) is 48.5. The zero-order chi connectivity index (χ0) is 55.0. The number of hydrogen-bond donors (Lipinski definition) is 2. The Morgan fingerprint density at radius 2 is 1.16 bits per heavy atom. The molecule has 9 aliphatic rings. The van der Waals surface area contributed by atoms with Gasteiger partial charge in [-0.25, -0.2) is 14.8 Å². The molecule has 2 aromatic heterocycles. The Bertz CT molecular complexity index is 3240. The van der Waals surface area contributed by atoms with E-state index >= 15 is 0 Å². The molecule has 0 amide bonds. The van der Waals surface area contributed by atoms with E-state index in [0.717, 1.165) is 79.5 Å². The first-order chi connectivity index (χ1) is 37.9. The standard InChI is InChI=1S/C34H42N3O6P.C28H40N3O3P/c1-22-14-23-16-24(15-22)18-28(17-23)36-26-10-7-11-27(36)20-29(19-26)37-31-13-6-5-12-30(31)35-32(33(37)38)44(40,41)43-21-42-34(39)25-8-3-2-4-9-25;1-28(2)19-12-11-18(23(28)15-19)13-14-30-20-7-6-8-21(30)17-22(16-20)31-25-10-5-4-9-24(25)29-26(27(31)32)35(3,33)34/h2-6,8-9,12-13,22-24,26-29H,7,10-11,14-21H2,1H3,(H,40,41);4-5,9-10,18-23H,6-8,11-17H2,1-3H3,(H,33,34)/t22?,23-,24+,26-,27+,28?,29?;18-,19-,20-,21+,22?,23-/m.0/s1. The zero-order valence-electron chi connectivity index (χ0n) is 46.7. The van der Waals surface area contributed by atoms with Crippen molar-refractivity contribution in [1.82, 2.24) is 28.9 Å². The molecule has 4 saturated heterocycles. The highest BCUT2D eigenvalue weighted by atomic mass is 31.2. The van der Waals surface area contributed by atoms with E-state index in [9.17, 15) is 33.3 Å². The number of nitrogens with zero attached hydrogens (tertiary/aromatic N) is 6. The molecule has 5 aliphatic carbocycles. The number of benzene rings is 3. The Hall–Kier alpha value is -4.33. The predicted molar refractivity (Wildman–Crippen MR) is 308 cm³/mol. The minimum Gasteiger partial charge on any atom is -0.434 e. The summed E-state index contributed by atoms with van der Waals surface area (Å²) in [6.45, 7) is 9.03. The van der Waals surface area contributed by atoms with Crippen molar-refractivity contribution in [2.45, 2.75) is 185 Å². The number of piperidine rings is 4. The quantitative estimate of drug-likeness (QED) is 0.0683. The molecular formula is C62H82N6O9P2. The Labute approximate surface area is 464 Å². The number of hydrogen-bond acceptors (Lipinski definition) is 11. The highest BCUT2D eigenvalue weighted by Gasteiger charge is 2.54. The number of rotatable bonds is 12. The molecule has 17 heteroatoms. The van der Waals surface area contributed by atoms with E-state index in [1.807, 2.05) is 41.0 Å². The van der Waals surface area contributed by atoms with Crippen molar-refractivity contribution in [2.75, 3.05) is 20.0 Å². The molecule has 5 aromatic rings. The maximum Gasteiger partial charge on any atom is 0.385 e. The number of para-hydroxylation sites is 4. The minimum absolute atomic E-state index is 0.0493. The van der Waals surface area contributed by atoms with Crippen molar-refractivity contribution in [3.05, 3.63) is 105 Å². The third-order valence-electron chi connectivity index (χ3n) is 21.0. The number of aromatic nitrogens is 4. The third-order valence-corrected chi connectivity index (χ3v) is 23.4. The molecular weight excluding hydrogens is 1030 g/mol. The average Bonchev–Trinajstić information content (AvgIpc) is 3.62. The largest absolute Gasteiger partial charge is 0.434 e. The summed E-state index contributed by atoms with van der Waals surface area (Å²) in [5, 5.41) is 0. The smallest absolute Gasteiger partial charge is 0.385 e. The lowest BCUT2D eigenvalue weighted by atomic mass is 9.45. The first-order valence-electron chi connectivity index (χ1n) is 30.0. The topological polar surface area (TPSA) is 186 Å². The van der Waals surface area contributed by atoms with Gasteiger partial charge in [0.15, 0.2) is 5.44 Å². The molecule has 2 N–H and O–H groups in total. The number of fused-ring (bicyclic) bond motifs is 10. The van der Waals surface area contributed by atoms with E-state index in [0.29, 0.717) is 52.2 Å². The highest BCUT2D eigenvalue weighted by molar-refractivity contribution is 7.65. The molecule has 0 radical (unpaired) electrons. The van der Waals surface area contributed by atoms with Crippen LogP contribution in [0.15, 0.2) is 88.5 Å². The van der Waals surface area contributed by atoms with Crippen LogP contribution in [0.4, 0.5) is 0 Å². The van der Waals surface area contributed by atoms with Gasteiger partial charge in [-0.1, -0.05) is 76.1 Å². The molecule has 79 heavy (non-hydrogen) atoms. The van der Waals surface area contributed by atoms with Crippen LogP contribution >= 0.6 is 15.0 Å². The first-order valence-corrected chi connectivity index (χ1v) is 33.7. The maximum absolute atomic E-state index is 14.1. The summed E-state index contributed by atoms with van der Waals surface area (Å²) >= 11 is 0. The maximum atomic E-state index is 14.1. The van der Waals surface area contributed by atoms with Gasteiger partial charge in [-0.3, -0.25) is 33.0 Å². The molecule has 15 nitrogen and oxygen atoms in total. The Morgan fingerprint density at radius 3 is 1.73 bits per heavy atom. The molecule has 9 fully saturated rings. The third kappa shape index (κ3) is 10.9. The van der Waals surface area contributed by atoms with E-state index < -0.39 is 38.7 Å². The monoisotopic (exact) mass is 1120 g/mol. The van der Waals surface area contributed by atoms with Crippen molar-refractivity contribution < 1.29 is 33.0 Å². The van der Waals surface area contributed by atoms with Crippen molar-refractivity contribution in [1.29, 1.82) is 0 Å². The van der Waals surface area contributed by atoms with Crippen molar-refractivity contribution in [3.8, 4) is 0 Å². The van der Waals surface area contributed by atoms with Crippen LogP contribution in [0, 0.1) is 40.9 Å². The van der Waals surface area contributed by atoms with E-state index in [2.05, 4.69) is 40.5 Å². The van der Waals surface area contributed by atoms with Crippen LogP contribution in [0.3, 0.4) is 0 Å². The van der Waals surface area contributed by atoms with Crippen molar-refractivity contribution >= 4 is 53.9 Å². The van der Waals surface area contributed by atoms with Crippen molar-refractivity contribution in [3.63, 3.8) is 0 Å². The van der Waals surface area contributed by atoms with Crippen LogP contribution in [-0.4, -0.2) is 94.9 Å². The fourth-order valence-electron chi connectivity index (χ4n) is 17.6. The van der Waals surface area contributed by atoms with Gasteiger partial charge in [-0.2, -0.15) is 0 Å². The van der Waals surface area contributed by atoms with Gasteiger partial charge in [0.1, 0.15) is 0 Å². The van der Waals surface area contributed by atoms with E-state index in [1.165, 1.54) is 96.7 Å². The van der Waals surface area contributed by atoms with E-state index in [-0.39, 0.29) is 28.6 Å². The van der Waals surface area contributed by atoms with Gasteiger partial charge in [0.2, 0.25) is 19.6 Å². The van der Waals surface area contributed by atoms with Gasteiger partial charge in [0.25, 0.3) is 11.1 Å². The van der Waals surface area contributed by atoms with Gasteiger partial charge in [-0.15, -0.1) is 0 Å². The molecule has 4 aliphatic heterocycles. The molecule has 3 aromatic carbocycles. The SMILES string of the molecule is CC1(C)[C@H]2CC[C@@H](CCN3[C@@H]4CCC[C@H]3CC(n3c(=O)c(P(C)(=O)O)nc5ccccc53)C4)[C@@H]1C2.CC1C[C@@H]2CC(N3[C@@H]4CCC[C@H]3CC(n3c(=O)c(P(=O)(O)OCOC(=O)c5ccccc5)nc5ccccc53)C4)C[C@H](C1)C2. The van der Waals surface area contributed by atoms with Crippen LogP contribution in [-0.2, 0) is 18.4 Å². The molecule has 6 unspecified atom stereocenters. The summed E-state index contributed by atoms with van der Waals surface area (Å²) in [6, 6.07) is 25.5. The van der Waals surface area contributed by atoms with Crippen LogP contribution in [0.5, 0.6) is 0 Å². The first kappa shape index (κ1) is 55.2. The van der Waals surface area contributed by atoms with Gasteiger partial charge >= 0.3 is 13.6 Å².